The topological polar surface area (TPSA) is 78.8 Å². The monoisotopic (exact) mass is 283 g/mol. The SMILES string of the molecule is Cc1c(-c2ccn(-c3ccc([N+](=O)[O-])cc3)n2)cnn1C. The second-order valence-electron chi connectivity index (χ2n) is 4.69. The van der Waals surface area contributed by atoms with E-state index in [1.807, 2.05) is 26.2 Å². The summed E-state index contributed by atoms with van der Waals surface area (Å²) in [5.41, 5.74) is 3.66. The van der Waals surface area contributed by atoms with Gasteiger partial charge >= 0.3 is 0 Å². The van der Waals surface area contributed by atoms with Gasteiger partial charge in [0, 0.05) is 36.6 Å². The van der Waals surface area contributed by atoms with Crippen LogP contribution in [0.15, 0.2) is 42.7 Å². The number of aromatic nitrogens is 4. The average Bonchev–Trinajstić information content (AvgIpc) is 3.07. The van der Waals surface area contributed by atoms with Crippen molar-refractivity contribution in [2.75, 3.05) is 0 Å². The molecule has 0 aliphatic heterocycles. The molecular formula is C14H13N5O2. The van der Waals surface area contributed by atoms with Crippen LogP contribution >= 0.6 is 0 Å². The van der Waals surface area contributed by atoms with Gasteiger partial charge in [-0.3, -0.25) is 14.8 Å². The highest BCUT2D eigenvalue weighted by molar-refractivity contribution is 5.60. The summed E-state index contributed by atoms with van der Waals surface area (Å²) >= 11 is 0. The molecule has 0 saturated heterocycles. The van der Waals surface area contributed by atoms with Crippen molar-refractivity contribution in [1.82, 2.24) is 19.6 Å². The van der Waals surface area contributed by atoms with Gasteiger partial charge in [-0.15, -0.1) is 0 Å². The van der Waals surface area contributed by atoms with Crippen LogP contribution in [0.1, 0.15) is 5.69 Å². The third kappa shape index (κ3) is 2.29. The molecule has 0 spiro atoms. The molecule has 0 amide bonds. The lowest BCUT2D eigenvalue weighted by atomic mass is 10.2. The van der Waals surface area contributed by atoms with Crippen molar-refractivity contribution in [3.8, 4) is 16.9 Å². The maximum atomic E-state index is 10.7. The Hall–Kier alpha value is -2.96. The zero-order chi connectivity index (χ0) is 15.0. The molecule has 3 aromatic rings. The maximum Gasteiger partial charge on any atom is 0.269 e. The lowest BCUT2D eigenvalue weighted by Gasteiger charge is -2.01. The maximum absolute atomic E-state index is 10.7. The molecule has 21 heavy (non-hydrogen) atoms. The number of nitro benzene ring substituents is 1. The van der Waals surface area contributed by atoms with Gasteiger partial charge in [0.15, 0.2) is 0 Å². The van der Waals surface area contributed by atoms with E-state index in [1.165, 1.54) is 12.1 Å². The largest absolute Gasteiger partial charge is 0.272 e. The van der Waals surface area contributed by atoms with Crippen LogP contribution in [0.25, 0.3) is 16.9 Å². The lowest BCUT2D eigenvalue weighted by Crippen LogP contribution is -1.96. The van der Waals surface area contributed by atoms with Crippen LogP contribution < -0.4 is 0 Å². The predicted molar refractivity (Wildman–Crippen MR) is 77.2 cm³/mol. The second-order valence-corrected chi connectivity index (χ2v) is 4.69. The summed E-state index contributed by atoms with van der Waals surface area (Å²) in [6.07, 6.45) is 3.60. The molecule has 2 aromatic heterocycles. The van der Waals surface area contributed by atoms with Crippen LogP contribution in [0, 0.1) is 17.0 Å². The molecule has 0 saturated carbocycles. The van der Waals surface area contributed by atoms with E-state index in [9.17, 15) is 10.1 Å². The number of non-ortho nitro benzene ring substituents is 1. The fourth-order valence-corrected chi connectivity index (χ4v) is 2.09. The van der Waals surface area contributed by atoms with E-state index in [0.717, 1.165) is 22.6 Å². The van der Waals surface area contributed by atoms with E-state index in [1.54, 1.807) is 27.7 Å². The molecule has 7 heteroatoms. The van der Waals surface area contributed by atoms with Crippen LogP contribution in [0.2, 0.25) is 0 Å². The molecule has 0 unspecified atom stereocenters. The summed E-state index contributed by atoms with van der Waals surface area (Å²) in [4.78, 5) is 10.2. The van der Waals surface area contributed by atoms with Crippen LogP contribution in [-0.2, 0) is 7.05 Å². The van der Waals surface area contributed by atoms with E-state index in [0.29, 0.717) is 0 Å². The number of aryl methyl sites for hydroxylation is 1. The zero-order valence-electron chi connectivity index (χ0n) is 11.6. The number of hydrogen-bond donors (Lipinski definition) is 0. The Labute approximate surface area is 120 Å². The summed E-state index contributed by atoms with van der Waals surface area (Å²) in [5, 5.41) is 19.3. The van der Waals surface area contributed by atoms with Gasteiger partial charge in [-0.1, -0.05) is 0 Å². The standard InChI is InChI=1S/C14H13N5O2/c1-10-13(9-15-17(10)2)14-7-8-18(16-14)11-3-5-12(6-4-11)19(20)21/h3-9H,1-2H3. The first-order valence-corrected chi connectivity index (χ1v) is 6.36. The van der Waals surface area contributed by atoms with Gasteiger partial charge in [-0.05, 0) is 25.1 Å². The van der Waals surface area contributed by atoms with Gasteiger partial charge in [-0.25, -0.2) is 4.68 Å². The smallest absolute Gasteiger partial charge is 0.269 e. The van der Waals surface area contributed by atoms with Crippen molar-refractivity contribution in [1.29, 1.82) is 0 Å². The normalized spacial score (nSPS) is 10.8. The van der Waals surface area contributed by atoms with E-state index in [-0.39, 0.29) is 5.69 Å². The first kappa shape index (κ1) is 13.0. The van der Waals surface area contributed by atoms with Gasteiger partial charge in [0.1, 0.15) is 0 Å². The Morgan fingerprint density at radius 3 is 2.48 bits per heavy atom. The number of benzene rings is 1. The summed E-state index contributed by atoms with van der Waals surface area (Å²) < 4.78 is 3.48. The summed E-state index contributed by atoms with van der Waals surface area (Å²) in [6.45, 7) is 1.98. The molecule has 0 aliphatic rings. The zero-order valence-corrected chi connectivity index (χ0v) is 11.6. The third-order valence-corrected chi connectivity index (χ3v) is 3.43. The average molecular weight is 283 g/mol. The van der Waals surface area contributed by atoms with Gasteiger partial charge in [-0.2, -0.15) is 10.2 Å². The highest BCUT2D eigenvalue weighted by Gasteiger charge is 2.11. The van der Waals surface area contributed by atoms with E-state index in [4.69, 9.17) is 0 Å². The van der Waals surface area contributed by atoms with E-state index < -0.39 is 4.92 Å². The van der Waals surface area contributed by atoms with Gasteiger partial charge < -0.3 is 0 Å². The Morgan fingerprint density at radius 2 is 1.90 bits per heavy atom. The first-order valence-electron chi connectivity index (χ1n) is 6.36. The van der Waals surface area contributed by atoms with Crippen molar-refractivity contribution in [2.45, 2.75) is 6.92 Å². The Kier molecular flexibility index (Phi) is 3.02. The molecule has 1 aromatic carbocycles. The minimum absolute atomic E-state index is 0.0641. The van der Waals surface area contributed by atoms with Crippen LogP contribution in [0.5, 0.6) is 0 Å². The first-order chi connectivity index (χ1) is 10.1. The molecule has 0 atom stereocenters. The Morgan fingerprint density at radius 1 is 1.19 bits per heavy atom. The second kappa shape index (κ2) is 4.86. The molecule has 0 radical (unpaired) electrons. The highest BCUT2D eigenvalue weighted by atomic mass is 16.6. The molecule has 0 N–H and O–H groups in total. The summed E-state index contributed by atoms with van der Waals surface area (Å²) in [5.74, 6) is 0. The molecule has 3 rings (SSSR count). The quantitative estimate of drug-likeness (QED) is 0.546. The molecule has 0 fully saturated rings. The van der Waals surface area contributed by atoms with Gasteiger partial charge in [0.05, 0.1) is 22.5 Å². The van der Waals surface area contributed by atoms with Gasteiger partial charge in [0.2, 0.25) is 0 Å². The summed E-state index contributed by atoms with van der Waals surface area (Å²) in [6, 6.07) is 8.17. The number of rotatable bonds is 3. The molecule has 7 nitrogen and oxygen atoms in total. The fraction of sp³-hybridized carbons (Fsp3) is 0.143. The van der Waals surface area contributed by atoms with Crippen LogP contribution in [0.3, 0.4) is 0 Å². The van der Waals surface area contributed by atoms with Crippen molar-refractivity contribution in [2.24, 2.45) is 7.05 Å². The lowest BCUT2D eigenvalue weighted by molar-refractivity contribution is -0.384. The Bertz CT molecular complexity index is 801. The highest BCUT2D eigenvalue weighted by Crippen LogP contribution is 2.22. The number of nitrogens with zero attached hydrogens (tertiary/aromatic N) is 5. The number of hydrogen-bond acceptors (Lipinski definition) is 4. The Balaban J connectivity index is 1.94. The van der Waals surface area contributed by atoms with Crippen molar-refractivity contribution >= 4 is 5.69 Å². The minimum Gasteiger partial charge on any atom is -0.272 e. The minimum atomic E-state index is -0.419. The van der Waals surface area contributed by atoms with E-state index >= 15 is 0 Å². The third-order valence-electron chi connectivity index (χ3n) is 3.43. The molecular weight excluding hydrogens is 270 g/mol. The molecule has 0 bridgehead atoms. The van der Waals surface area contributed by atoms with Gasteiger partial charge in [0.25, 0.3) is 5.69 Å². The van der Waals surface area contributed by atoms with Crippen molar-refractivity contribution < 1.29 is 4.92 Å². The number of nitro groups is 1. The van der Waals surface area contributed by atoms with Crippen molar-refractivity contribution in [3.63, 3.8) is 0 Å². The van der Waals surface area contributed by atoms with Crippen molar-refractivity contribution in [3.05, 3.63) is 58.5 Å². The summed E-state index contributed by atoms with van der Waals surface area (Å²) in [7, 11) is 1.88. The molecule has 2 heterocycles. The van der Waals surface area contributed by atoms with Crippen LogP contribution in [0.4, 0.5) is 5.69 Å². The van der Waals surface area contributed by atoms with E-state index in [2.05, 4.69) is 10.2 Å². The fourth-order valence-electron chi connectivity index (χ4n) is 2.09. The van der Waals surface area contributed by atoms with Crippen LogP contribution in [-0.4, -0.2) is 24.5 Å². The predicted octanol–water partition coefficient (Wildman–Crippen LogP) is 2.49. The molecule has 0 aliphatic carbocycles. The molecule has 106 valence electrons.